The molecule has 2 rings (SSSR count). The maximum absolute atomic E-state index is 13.8. The van der Waals surface area contributed by atoms with Crippen LogP contribution in [0.4, 0.5) is 4.79 Å². The highest BCUT2D eigenvalue weighted by atomic mass is 16.6. The predicted octanol–water partition coefficient (Wildman–Crippen LogP) is 2.79. The molecule has 9 heteroatoms. The fourth-order valence-electron chi connectivity index (χ4n) is 3.60. The Kier molecular flexibility index (Phi) is 9.89. The van der Waals surface area contributed by atoms with Gasteiger partial charge < -0.3 is 26.0 Å². The summed E-state index contributed by atoms with van der Waals surface area (Å²) in [6.45, 7) is 7.69. The summed E-state index contributed by atoms with van der Waals surface area (Å²) in [4.78, 5) is 52.6. The van der Waals surface area contributed by atoms with Gasteiger partial charge in [-0.05, 0) is 52.0 Å². The third kappa shape index (κ3) is 8.68. The molecule has 4 amide bonds. The number of nitrogens with two attached hydrogens (primary N) is 1. The van der Waals surface area contributed by atoms with E-state index in [4.69, 9.17) is 10.5 Å². The Morgan fingerprint density at radius 1 is 1.15 bits per heavy atom. The summed E-state index contributed by atoms with van der Waals surface area (Å²) in [5, 5.41) is 5.54. The highest BCUT2D eigenvalue weighted by molar-refractivity contribution is 5.93. The van der Waals surface area contributed by atoms with Gasteiger partial charge in [0.2, 0.25) is 17.7 Å². The monoisotopic (exact) mass is 474 g/mol. The van der Waals surface area contributed by atoms with E-state index in [0.29, 0.717) is 12.1 Å². The number of carbonyl (C=O) groups is 4. The molecule has 0 bridgehead atoms. The van der Waals surface area contributed by atoms with Crippen molar-refractivity contribution in [3.05, 3.63) is 35.9 Å². The van der Waals surface area contributed by atoms with Crippen LogP contribution in [-0.2, 0) is 19.1 Å². The van der Waals surface area contributed by atoms with Gasteiger partial charge in [0.25, 0.3) is 0 Å². The van der Waals surface area contributed by atoms with Crippen molar-refractivity contribution < 1.29 is 23.9 Å². The van der Waals surface area contributed by atoms with Gasteiger partial charge in [0, 0.05) is 19.0 Å². The molecule has 0 heterocycles. The molecule has 0 spiro atoms. The first kappa shape index (κ1) is 27.1. The Bertz CT molecular complexity index is 849. The second-order valence-corrected chi connectivity index (χ2v) is 9.64. The normalized spacial score (nSPS) is 15.1. The molecule has 1 aromatic carbocycles. The number of unbranched alkanes of at least 4 members (excludes halogenated alkanes) is 1. The van der Waals surface area contributed by atoms with Crippen LogP contribution in [0, 0.1) is 0 Å². The Balaban J connectivity index is 2.36. The molecule has 1 saturated carbocycles. The molecule has 0 aromatic heterocycles. The summed E-state index contributed by atoms with van der Waals surface area (Å²) in [5.41, 5.74) is 5.24. The van der Waals surface area contributed by atoms with E-state index in [9.17, 15) is 19.2 Å². The molecule has 1 aliphatic carbocycles. The van der Waals surface area contributed by atoms with E-state index in [1.165, 1.54) is 0 Å². The molecule has 2 atom stereocenters. The van der Waals surface area contributed by atoms with Crippen molar-refractivity contribution in [1.29, 1.82) is 0 Å². The van der Waals surface area contributed by atoms with Gasteiger partial charge in [0.15, 0.2) is 0 Å². The SMILES string of the molecule is CCCCNC(=O)C(c1ccccc1)N(C(=O)C(CCC(N)=O)NC(=O)OC(C)(C)C)C1CC1. The lowest BCUT2D eigenvalue weighted by atomic mass is 10.0. The van der Waals surface area contributed by atoms with Crippen molar-refractivity contribution in [2.24, 2.45) is 5.73 Å². The summed E-state index contributed by atoms with van der Waals surface area (Å²) in [5.74, 6) is -1.29. The number of amides is 4. The average molecular weight is 475 g/mol. The summed E-state index contributed by atoms with van der Waals surface area (Å²) in [6.07, 6.45) is 2.41. The van der Waals surface area contributed by atoms with Crippen LogP contribution in [0.2, 0.25) is 0 Å². The minimum Gasteiger partial charge on any atom is -0.444 e. The second kappa shape index (κ2) is 12.4. The predicted molar refractivity (Wildman–Crippen MR) is 129 cm³/mol. The van der Waals surface area contributed by atoms with E-state index in [1.807, 2.05) is 37.3 Å². The second-order valence-electron chi connectivity index (χ2n) is 9.64. The molecular formula is C25H38N4O5. The number of alkyl carbamates (subject to hydrolysis) is 1. The first-order valence-electron chi connectivity index (χ1n) is 12.0. The Morgan fingerprint density at radius 3 is 2.32 bits per heavy atom. The minimum absolute atomic E-state index is 0.00952. The van der Waals surface area contributed by atoms with Crippen LogP contribution in [-0.4, -0.2) is 52.9 Å². The van der Waals surface area contributed by atoms with Crippen LogP contribution < -0.4 is 16.4 Å². The molecule has 4 N–H and O–H groups in total. The summed E-state index contributed by atoms with van der Waals surface area (Å²) in [7, 11) is 0. The number of nitrogens with one attached hydrogen (secondary N) is 2. The van der Waals surface area contributed by atoms with E-state index in [0.717, 1.165) is 25.7 Å². The number of carbonyl (C=O) groups excluding carboxylic acids is 4. The summed E-state index contributed by atoms with van der Waals surface area (Å²) >= 11 is 0. The lowest BCUT2D eigenvalue weighted by Crippen LogP contribution is -2.54. The number of hydrogen-bond acceptors (Lipinski definition) is 5. The number of benzene rings is 1. The summed E-state index contributed by atoms with van der Waals surface area (Å²) in [6, 6.07) is 7.07. The molecule has 188 valence electrons. The molecule has 1 aromatic rings. The quantitative estimate of drug-likeness (QED) is 0.401. The zero-order valence-electron chi connectivity index (χ0n) is 20.6. The zero-order valence-corrected chi connectivity index (χ0v) is 20.6. The molecule has 0 saturated heterocycles. The minimum atomic E-state index is -1.06. The molecule has 1 fully saturated rings. The standard InChI is InChI=1S/C25H38N4O5/c1-5-6-16-27-22(31)21(17-10-8-7-9-11-17)29(18-12-13-18)23(32)19(14-15-20(26)30)28-24(33)34-25(2,3)4/h7-11,18-19,21H,5-6,12-16H2,1-4H3,(H2,26,30)(H,27,31)(H,28,33). The molecule has 2 unspecified atom stereocenters. The summed E-state index contributed by atoms with van der Waals surface area (Å²) < 4.78 is 5.32. The third-order valence-corrected chi connectivity index (χ3v) is 5.33. The topological polar surface area (TPSA) is 131 Å². The number of ether oxygens (including phenoxy) is 1. The van der Waals surface area contributed by atoms with Gasteiger partial charge in [0.1, 0.15) is 17.7 Å². The molecule has 0 radical (unpaired) electrons. The van der Waals surface area contributed by atoms with Crippen LogP contribution in [0.3, 0.4) is 0 Å². The highest BCUT2D eigenvalue weighted by Crippen LogP contribution is 2.35. The van der Waals surface area contributed by atoms with Crippen LogP contribution in [0.25, 0.3) is 0 Å². The fraction of sp³-hybridized carbons (Fsp3) is 0.600. The Labute approximate surface area is 201 Å². The number of nitrogens with zero attached hydrogens (tertiary/aromatic N) is 1. The zero-order chi connectivity index (χ0) is 25.3. The third-order valence-electron chi connectivity index (χ3n) is 5.33. The number of hydrogen-bond donors (Lipinski definition) is 3. The van der Waals surface area contributed by atoms with Crippen molar-refractivity contribution in [2.75, 3.05) is 6.54 Å². The van der Waals surface area contributed by atoms with Crippen molar-refractivity contribution in [2.45, 2.75) is 89.9 Å². The van der Waals surface area contributed by atoms with E-state index in [2.05, 4.69) is 10.6 Å². The maximum Gasteiger partial charge on any atom is 0.408 e. The molecule has 9 nitrogen and oxygen atoms in total. The van der Waals surface area contributed by atoms with Crippen molar-refractivity contribution in [1.82, 2.24) is 15.5 Å². The van der Waals surface area contributed by atoms with Crippen LogP contribution in [0.1, 0.15) is 77.8 Å². The van der Waals surface area contributed by atoms with Crippen LogP contribution >= 0.6 is 0 Å². The van der Waals surface area contributed by atoms with Crippen molar-refractivity contribution in [3.63, 3.8) is 0 Å². The largest absolute Gasteiger partial charge is 0.444 e. The molecule has 34 heavy (non-hydrogen) atoms. The first-order chi connectivity index (χ1) is 16.0. The van der Waals surface area contributed by atoms with E-state index >= 15 is 0 Å². The Morgan fingerprint density at radius 2 is 1.79 bits per heavy atom. The Hall–Kier alpha value is -3.10. The van der Waals surface area contributed by atoms with Gasteiger partial charge >= 0.3 is 6.09 Å². The molecule has 1 aliphatic rings. The van der Waals surface area contributed by atoms with Gasteiger partial charge in [-0.25, -0.2) is 4.79 Å². The molecular weight excluding hydrogens is 436 g/mol. The van der Waals surface area contributed by atoms with E-state index < -0.39 is 35.6 Å². The van der Waals surface area contributed by atoms with E-state index in [-0.39, 0.29) is 24.8 Å². The number of rotatable bonds is 12. The van der Waals surface area contributed by atoms with Gasteiger partial charge in [-0.1, -0.05) is 43.7 Å². The lowest BCUT2D eigenvalue weighted by molar-refractivity contribution is -0.143. The van der Waals surface area contributed by atoms with E-state index in [1.54, 1.807) is 25.7 Å². The highest BCUT2D eigenvalue weighted by Gasteiger charge is 2.44. The fourth-order valence-corrected chi connectivity index (χ4v) is 3.60. The van der Waals surface area contributed by atoms with Crippen LogP contribution in [0.5, 0.6) is 0 Å². The lowest BCUT2D eigenvalue weighted by Gasteiger charge is -2.34. The smallest absolute Gasteiger partial charge is 0.408 e. The first-order valence-corrected chi connectivity index (χ1v) is 12.0. The average Bonchev–Trinajstić information content (AvgIpc) is 3.58. The molecule has 0 aliphatic heterocycles. The van der Waals surface area contributed by atoms with Crippen LogP contribution in [0.15, 0.2) is 30.3 Å². The van der Waals surface area contributed by atoms with Gasteiger partial charge in [0.05, 0.1) is 0 Å². The van der Waals surface area contributed by atoms with Gasteiger partial charge in [-0.15, -0.1) is 0 Å². The van der Waals surface area contributed by atoms with Crippen molar-refractivity contribution >= 4 is 23.8 Å². The maximum atomic E-state index is 13.8. The van der Waals surface area contributed by atoms with Crippen molar-refractivity contribution in [3.8, 4) is 0 Å². The van der Waals surface area contributed by atoms with Gasteiger partial charge in [-0.3, -0.25) is 14.4 Å². The van der Waals surface area contributed by atoms with Gasteiger partial charge in [-0.2, -0.15) is 0 Å². The number of primary amides is 1.